The van der Waals surface area contributed by atoms with E-state index in [4.69, 9.17) is 5.41 Å². The van der Waals surface area contributed by atoms with Gasteiger partial charge in [-0.2, -0.15) is 0 Å². The van der Waals surface area contributed by atoms with Crippen LogP contribution in [0.15, 0.2) is 30.3 Å². The third kappa shape index (κ3) is 2.75. The van der Waals surface area contributed by atoms with Crippen molar-refractivity contribution < 1.29 is 0 Å². The van der Waals surface area contributed by atoms with E-state index >= 15 is 0 Å². The maximum absolute atomic E-state index is 7.64. The lowest BCUT2D eigenvalue weighted by Gasteiger charge is -2.16. The number of nitrogens with one attached hydrogen (secondary N) is 1. The van der Waals surface area contributed by atoms with E-state index in [1.54, 1.807) is 11.8 Å². The average molecular weight is 273 g/mol. The number of nitrogens with zero attached hydrogens (tertiary/aromatic N) is 1. The van der Waals surface area contributed by atoms with Crippen molar-refractivity contribution in [3.63, 3.8) is 0 Å². The van der Waals surface area contributed by atoms with Gasteiger partial charge in [-0.3, -0.25) is 5.41 Å². The van der Waals surface area contributed by atoms with Crippen molar-refractivity contribution in [1.82, 2.24) is 4.90 Å². The fourth-order valence-corrected chi connectivity index (χ4v) is 2.24. The number of hydrogen-bond acceptors (Lipinski definition) is 2. The minimum Gasteiger partial charge on any atom is -0.347 e. The first-order valence-electron chi connectivity index (χ1n) is 4.36. The van der Waals surface area contributed by atoms with E-state index in [0.717, 1.165) is 18.8 Å². The van der Waals surface area contributed by atoms with Gasteiger partial charge in [0.25, 0.3) is 0 Å². The molecule has 1 N–H and O–H groups in total. The lowest BCUT2D eigenvalue weighted by molar-refractivity contribution is 0.455. The van der Waals surface area contributed by atoms with Crippen molar-refractivity contribution in [2.75, 3.05) is 12.3 Å². The molecule has 1 aromatic carbocycles. The second-order valence-corrected chi connectivity index (χ2v) is 4.14. The zero-order chi connectivity index (χ0) is 9.10. The molecule has 0 bridgehead atoms. The predicted molar refractivity (Wildman–Crippen MR) is 67.4 cm³/mol. The standard InChI is InChI=1S/C10H12N2S.BrH/c11-10-12(6-7-13-10)8-9-4-2-1-3-5-9;/h1-5,11H,6-8H2;1H. The first kappa shape index (κ1) is 11.6. The number of thioether (sulfide) groups is 1. The highest BCUT2D eigenvalue weighted by atomic mass is 79.9. The van der Waals surface area contributed by atoms with Crippen molar-refractivity contribution in [1.29, 1.82) is 5.41 Å². The normalized spacial score (nSPS) is 15.4. The Hall–Kier alpha value is -0.480. The summed E-state index contributed by atoms with van der Waals surface area (Å²) in [6.07, 6.45) is 0. The molecule has 4 heteroatoms. The van der Waals surface area contributed by atoms with Gasteiger partial charge >= 0.3 is 0 Å². The summed E-state index contributed by atoms with van der Waals surface area (Å²) < 4.78 is 0. The van der Waals surface area contributed by atoms with E-state index in [1.165, 1.54) is 5.56 Å². The molecule has 1 fully saturated rings. The molecule has 0 aromatic heterocycles. The van der Waals surface area contributed by atoms with Crippen LogP contribution in [0.3, 0.4) is 0 Å². The first-order chi connectivity index (χ1) is 6.36. The minimum absolute atomic E-state index is 0. The van der Waals surface area contributed by atoms with Crippen LogP contribution in [0.1, 0.15) is 5.56 Å². The van der Waals surface area contributed by atoms with Gasteiger partial charge < -0.3 is 4.90 Å². The quantitative estimate of drug-likeness (QED) is 0.897. The monoisotopic (exact) mass is 272 g/mol. The van der Waals surface area contributed by atoms with Gasteiger partial charge in [-0.1, -0.05) is 42.1 Å². The van der Waals surface area contributed by atoms with Gasteiger partial charge in [0.05, 0.1) is 0 Å². The highest BCUT2D eigenvalue weighted by Gasteiger charge is 2.16. The Labute approximate surface area is 99.0 Å². The number of benzene rings is 1. The Morgan fingerprint density at radius 2 is 2.00 bits per heavy atom. The summed E-state index contributed by atoms with van der Waals surface area (Å²) in [6, 6.07) is 10.3. The van der Waals surface area contributed by atoms with E-state index < -0.39 is 0 Å². The van der Waals surface area contributed by atoms with Crippen LogP contribution in [0.25, 0.3) is 0 Å². The molecule has 0 aliphatic carbocycles. The zero-order valence-corrected chi connectivity index (χ0v) is 10.3. The molecule has 2 rings (SSSR count). The van der Waals surface area contributed by atoms with Crippen molar-refractivity contribution in [2.24, 2.45) is 0 Å². The lowest BCUT2D eigenvalue weighted by atomic mass is 10.2. The summed E-state index contributed by atoms with van der Waals surface area (Å²) in [5.74, 6) is 1.06. The fraction of sp³-hybridized carbons (Fsp3) is 0.300. The Kier molecular flexibility index (Phi) is 4.48. The third-order valence-electron chi connectivity index (χ3n) is 2.10. The van der Waals surface area contributed by atoms with Crippen LogP contribution in [0.2, 0.25) is 0 Å². The first-order valence-corrected chi connectivity index (χ1v) is 5.35. The van der Waals surface area contributed by atoms with Crippen LogP contribution in [0.4, 0.5) is 0 Å². The Balaban J connectivity index is 0.000000980. The molecule has 14 heavy (non-hydrogen) atoms. The predicted octanol–water partition coefficient (Wildman–Crippen LogP) is 2.75. The second-order valence-electron chi connectivity index (χ2n) is 3.06. The zero-order valence-electron chi connectivity index (χ0n) is 7.77. The molecule has 1 aliphatic rings. The highest BCUT2D eigenvalue weighted by Crippen LogP contribution is 2.18. The van der Waals surface area contributed by atoms with E-state index in [9.17, 15) is 0 Å². The fourth-order valence-electron chi connectivity index (χ4n) is 1.40. The van der Waals surface area contributed by atoms with Crippen molar-refractivity contribution in [2.45, 2.75) is 6.54 Å². The van der Waals surface area contributed by atoms with Crippen molar-refractivity contribution in [3.8, 4) is 0 Å². The minimum atomic E-state index is 0. The van der Waals surface area contributed by atoms with Gasteiger partial charge in [0.15, 0.2) is 5.17 Å². The Morgan fingerprint density at radius 3 is 2.57 bits per heavy atom. The molecule has 1 aromatic rings. The molecule has 1 heterocycles. The Bertz CT molecular complexity index is 302. The largest absolute Gasteiger partial charge is 0.347 e. The molecule has 2 nitrogen and oxygen atoms in total. The molecule has 0 saturated carbocycles. The molecule has 1 aliphatic heterocycles. The summed E-state index contributed by atoms with van der Waals surface area (Å²) in [7, 11) is 0. The van der Waals surface area contributed by atoms with Crippen molar-refractivity contribution in [3.05, 3.63) is 35.9 Å². The third-order valence-corrected chi connectivity index (χ3v) is 3.02. The summed E-state index contributed by atoms with van der Waals surface area (Å²) in [4.78, 5) is 2.11. The van der Waals surface area contributed by atoms with Gasteiger partial charge in [0.2, 0.25) is 0 Å². The van der Waals surface area contributed by atoms with Crippen LogP contribution in [0.5, 0.6) is 0 Å². The maximum atomic E-state index is 7.64. The molecule has 0 atom stereocenters. The maximum Gasteiger partial charge on any atom is 0.156 e. The lowest BCUT2D eigenvalue weighted by Crippen LogP contribution is -2.22. The van der Waals surface area contributed by atoms with E-state index in [1.807, 2.05) is 18.2 Å². The topological polar surface area (TPSA) is 27.1 Å². The van der Waals surface area contributed by atoms with Gasteiger partial charge in [-0.25, -0.2) is 0 Å². The van der Waals surface area contributed by atoms with E-state index in [2.05, 4.69) is 17.0 Å². The molecule has 0 spiro atoms. The van der Waals surface area contributed by atoms with Gasteiger partial charge in [-0.15, -0.1) is 17.0 Å². The summed E-state index contributed by atoms with van der Waals surface area (Å²) in [5, 5.41) is 8.36. The molecule has 0 radical (unpaired) electrons. The van der Waals surface area contributed by atoms with E-state index in [-0.39, 0.29) is 17.0 Å². The number of hydrogen-bond donors (Lipinski definition) is 1. The molecule has 0 unspecified atom stereocenters. The van der Waals surface area contributed by atoms with Crippen LogP contribution in [0, 0.1) is 5.41 Å². The summed E-state index contributed by atoms with van der Waals surface area (Å²) >= 11 is 1.63. The Morgan fingerprint density at radius 1 is 1.29 bits per heavy atom. The van der Waals surface area contributed by atoms with Crippen molar-refractivity contribution >= 4 is 33.9 Å². The van der Waals surface area contributed by atoms with Crippen LogP contribution in [-0.2, 0) is 6.54 Å². The van der Waals surface area contributed by atoms with Crippen LogP contribution >= 0.6 is 28.7 Å². The molecule has 76 valence electrons. The second kappa shape index (κ2) is 5.41. The number of rotatable bonds is 2. The molecular weight excluding hydrogens is 260 g/mol. The smallest absolute Gasteiger partial charge is 0.156 e. The molecule has 0 amide bonds. The van der Waals surface area contributed by atoms with Crippen LogP contribution < -0.4 is 0 Å². The van der Waals surface area contributed by atoms with Crippen LogP contribution in [-0.4, -0.2) is 22.4 Å². The molecular formula is C10H13BrN2S. The molecule has 1 saturated heterocycles. The van der Waals surface area contributed by atoms with E-state index in [0.29, 0.717) is 5.17 Å². The van der Waals surface area contributed by atoms with Gasteiger partial charge in [-0.05, 0) is 5.56 Å². The highest BCUT2D eigenvalue weighted by molar-refractivity contribution is 8.93. The summed E-state index contributed by atoms with van der Waals surface area (Å²) in [5.41, 5.74) is 1.29. The van der Waals surface area contributed by atoms with Gasteiger partial charge in [0.1, 0.15) is 0 Å². The number of amidine groups is 1. The SMILES string of the molecule is Br.N=C1SCCN1Cc1ccccc1. The van der Waals surface area contributed by atoms with Gasteiger partial charge in [0, 0.05) is 18.8 Å². The summed E-state index contributed by atoms with van der Waals surface area (Å²) in [6.45, 7) is 1.89. The average Bonchev–Trinajstić information content (AvgIpc) is 2.54. The number of halogens is 1.